The Morgan fingerprint density at radius 3 is 2.48 bits per heavy atom. The first kappa shape index (κ1) is 17.2. The van der Waals surface area contributed by atoms with E-state index in [2.05, 4.69) is 47.4 Å². The average molecular weight is 363 g/mol. The molecule has 2 aromatic carbocycles. The van der Waals surface area contributed by atoms with E-state index in [4.69, 9.17) is 5.73 Å². The first-order chi connectivity index (χ1) is 13.2. The van der Waals surface area contributed by atoms with Gasteiger partial charge in [-0.25, -0.2) is 0 Å². The lowest BCUT2D eigenvalue weighted by Gasteiger charge is -2.44. The van der Waals surface area contributed by atoms with Crippen LogP contribution in [-0.2, 0) is 4.79 Å². The lowest BCUT2D eigenvalue weighted by Crippen LogP contribution is -2.49. The fourth-order valence-corrected chi connectivity index (χ4v) is 6.12. The summed E-state index contributed by atoms with van der Waals surface area (Å²) in [4.78, 5) is 15.8. The first-order valence-electron chi connectivity index (χ1n) is 10.8. The van der Waals surface area contributed by atoms with Gasteiger partial charge in [-0.15, -0.1) is 0 Å². The van der Waals surface area contributed by atoms with Crippen molar-refractivity contribution in [2.45, 2.75) is 57.0 Å². The molecule has 1 amide bonds. The summed E-state index contributed by atoms with van der Waals surface area (Å²) in [6.07, 6.45) is 7.94. The van der Waals surface area contributed by atoms with E-state index < -0.39 is 0 Å². The van der Waals surface area contributed by atoms with Crippen LogP contribution in [0.4, 0.5) is 0 Å². The molecule has 3 aliphatic rings. The molecule has 3 nitrogen and oxygen atoms in total. The van der Waals surface area contributed by atoms with Crippen LogP contribution < -0.4 is 5.73 Å². The molecule has 2 bridgehead atoms. The Morgan fingerprint density at radius 2 is 1.67 bits per heavy atom. The van der Waals surface area contributed by atoms with E-state index in [9.17, 15) is 4.79 Å². The number of likely N-dealkylation sites (tertiary alicyclic amines) is 1. The van der Waals surface area contributed by atoms with E-state index in [0.717, 1.165) is 32.2 Å². The van der Waals surface area contributed by atoms with E-state index in [0.29, 0.717) is 23.8 Å². The molecule has 2 aliphatic carbocycles. The number of rotatable bonds is 2. The van der Waals surface area contributed by atoms with E-state index in [-0.39, 0.29) is 12.0 Å². The standard InChI is InChI=1S/C24H30N2O/c25-23-17-8-3-9-18(23)15-19(14-17)24(27)26-13-5-12-22(26)21-11-4-7-16-6-1-2-10-20(16)21/h1-2,4,6-7,10-11,17-19,22-23H,3,5,8-9,12-15,25H2. The minimum atomic E-state index is 0.190. The summed E-state index contributed by atoms with van der Waals surface area (Å²) >= 11 is 0. The van der Waals surface area contributed by atoms with Crippen molar-refractivity contribution in [1.29, 1.82) is 0 Å². The maximum atomic E-state index is 13.5. The monoisotopic (exact) mass is 362 g/mol. The highest BCUT2D eigenvalue weighted by Crippen LogP contribution is 2.44. The van der Waals surface area contributed by atoms with E-state index in [1.165, 1.54) is 35.6 Å². The van der Waals surface area contributed by atoms with Gasteiger partial charge < -0.3 is 10.6 Å². The number of fused-ring (bicyclic) bond motifs is 3. The zero-order chi connectivity index (χ0) is 18.4. The second-order valence-electron chi connectivity index (χ2n) is 8.95. The number of nitrogens with two attached hydrogens (primary N) is 1. The van der Waals surface area contributed by atoms with Gasteiger partial charge >= 0.3 is 0 Å². The Hall–Kier alpha value is -1.87. The Morgan fingerprint density at radius 1 is 0.926 bits per heavy atom. The van der Waals surface area contributed by atoms with E-state index >= 15 is 0 Å². The molecule has 3 fully saturated rings. The molecule has 3 atom stereocenters. The van der Waals surface area contributed by atoms with Gasteiger partial charge in [0.1, 0.15) is 0 Å². The second kappa shape index (κ2) is 6.94. The van der Waals surface area contributed by atoms with Crippen LogP contribution in [0.25, 0.3) is 10.8 Å². The summed E-state index contributed by atoms with van der Waals surface area (Å²) in [6, 6.07) is 15.7. The summed E-state index contributed by atoms with van der Waals surface area (Å²) < 4.78 is 0. The Balaban J connectivity index is 1.42. The number of amides is 1. The van der Waals surface area contributed by atoms with Crippen molar-refractivity contribution in [3.05, 3.63) is 48.0 Å². The highest BCUT2D eigenvalue weighted by molar-refractivity contribution is 5.87. The Kier molecular flexibility index (Phi) is 4.43. The molecule has 5 rings (SSSR count). The number of hydrogen-bond acceptors (Lipinski definition) is 2. The lowest BCUT2D eigenvalue weighted by molar-refractivity contribution is -0.139. The molecule has 3 unspecified atom stereocenters. The highest BCUT2D eigenvalue weighted by atomic mass is 16.2. The van der Waals surface area contributed by atoms with Crippen LogP contribution in [0.3, 0.4) is 0 Å². The van der Waals surface area contributed by atoms with Gasteiger partial charge in [0.05, 0.1) is 6.04 Å². The number of carbonyl (C=O) groups excluding carboxylic acids is 1. The fourth-order valence-electron chi connectivity index (χ4n) is 6.12. The summed E-state index contributed by atoms with van der Waals surface area (Å²) in [6.45, 7) is 0.907. The predicted molar refractivity (Wildman–Crippen MR) is 109 cm³/mol. The summed E-state index contributed by atoms with van der Waals surface area (Å²) in [5.41, 5.74) is 7.78. The highest BCUT2D eigenvalue weighted by Gasteiger charge is 2.43. The van der Waals surface area contributed by atoms with Crippen molar-refractivity contribution < 1.29 is 4.79 Å². The van der Waals surface area contributed by atoms with Crippen LogP contribution in [0.15, 0.2) is 42.5 Å². The molecule has 1 heterocycles. The summed E-state index contributed by atoms with van der Waals surface area (Å²) in [5.74, 6) is 1.71. The van der Waals surface area contributed by atoms with Crippen molar-refractivity contribution in [2.24, 2.45) is 23.5 Å². The first-order valence-corrected chi connectivity index (χ1v) is 10.8. The molecule has 142 valence electrons. The second-order valence-corrected chi connectivity index (χ2v) is 8.95. The molecule has 27 heavy (non-hydrogen) atoms. The molecule has 2 saturated carbocycles. The maximum absolute atomic E-state index is 13.5. The van der Waals surface area contributed by atoms with Gasteiger partial charge in [0.25, 0.3) is 0 Å². The molecular weight excluding hydrogens is 332 g/mol. The summed E-state index contributed by atoms with van der Waals surface area (Å²) in [7, 11) is 0. The zero-order valence-corrected chi connectivity index (χ0v) is 16.0. The van der Waals surface area contributed by atoms with Gasteiger partial charge in [-0.1, -0.05) is 48.9 Å². The van der Waals surface area contributed by atoms with Gasteiger partial charge in [0.2, 0.25) is 5.91 Å². The Bertz CT molecular complexity index is 828. The number of benzene rings is 2. The third-order valence-corrected chi connectivity index (χ3v) is 7.48. The fraction of sp³-hybridized carbons (Fsp3) is 0.542. The minimum absolute atomic E-state index is 0.190. The molecule has 2 N–H and O–H groups in total. The topological polar surface area (TPSA) is 46.3 Å². The smallest absolute Gasteiger partial charge is 0.226 e. The van der Waals surface area contributed by atoms with Gasteiger partial charge in [-0.05, 0) is 66.7 Å². The summed E-state index contributed by atoms with van der Waals surface area (Å²) in [5, 5.41) is 2.57. The zero-order valence-electron chi connectivity index (χ0n) is 16.0. The molecule has 1 saturated heterocycles. The van der Waals surface area contributed by atoms with Gasteiger partial charge in [0.15, 0.2) is 0 Å². The third-order valence-electron chi connectivity index (χ3n) is 7.48. The van der Waals surface area contributed by atoms with Crippen LogP contribution >= 0.6 is 0 Å². The Labute approximate surface area is 161 Å². The van der Waals surface area contributed by atoms with Crippen LogP contribution in [0, 0.1) is 17.8 Å². The van der Waals surface area contributed by atoms with Gasteiger partial charge in [0, 0.05) is 18.5 Å². The van der Waals surface area contributed by atoms with Crippen LogP contribution in [0.1, 0.15) is 56.6 Å². The van der Waals surface area contributed by atoms with Crippen molar-refractivity contribution in [3.8, 4) is 0 Å². The van der Waals surface area contributed by atoms with Crippen molar-refractivity contribution in [2.75, 3.05) is 6.54 Å². The van der Waals surface area contributed by atoms with Crippen molar-refractivity contribution >= 4 is 16.7 Å². The predicted octanol–water partition coefficient (Wildman–Crippen LogP) is 4.66. The SMILES string of the molecule is NC1C2CCCC1CC(C(=O)N1CCCC1c1cccc3ccccc13)C2. The molecule has 2 aromatic rings. The maximum Gasteiger partial charge on any atom is 0.226 e. The van der Waals surface area contributed by atoms with Crippen LogP contribution in [-0.4, -0.2) is 23.4 Å². The largest absolute Gasteiger partial charge is 0.335 e. The number of hydrogen-bond donors (Lipinski definition) is 1. The molecular formula is C24H30N2O. The van der Waals surface area contributed by atoms with Crippen molar-refractivity contribution in [1.82, 2.24) is 4.90 Å². The normalized spacial score (nSPS) is 33.4. The van der Waals surface area contributed by atoms with E-state index in [1.54, 1.807) is 0 Å². The quantitative estimate of drug-likeness (QED) is 0.845. The molecule has 0 radical (unpaired) electrons. The molecule has 1 aliphatic heterocycles. The van der Waals surface area contributed by atoms with Crippen molar-refractivity contribution in [3.63, 3.8) is 0 Å². The molecule has 0 aromatic heterocycles. The molecule has 3 heteroatoms. The van der Waals surface area contributed by atoms with E-state index in [1.807, 2.05) is 0 Å². The van der Waals surface area contributed by atoms with Gasteiger partial charge in [-0.2, -0.15) is 0 Å². The third kappa shape index (κ3) is 2.97. The number of carbonyl (C=O) groups is 1. The number of nitrogens with zero attached hydrogens (tertiary/aromatic N) is 1. The van der Waals surface area contributed by atoms with Crippen LogP contribution in [0.2, 0.25) is 0 Å². The van der Waals surface area contributed by atoms with Crippen LogP contribution in [0.5, 0.6) is 0 Å². The minimum Gasteiger partial charge on any atom is -0.335 e. The average Bonchev–Trinajstić information content (AvgIpc) is 3.16. The molecule has 0 spiro atoms. The lowest BCUT2D eigenvalue weighted by atomic mass is 9.65. The van der Waals surface area contributed by atoms with Gasteiger partial charge in [-0.3, -0.25) is 4.79 Å².